The summed E-state index contributed by atoms with van der Waals surface area (Å²) in [6, 6.07) is 18.4. The molecule has 0 amide bonds. The van der Waals surface area contributed by atoms with Crippen molar-refractivity contribution in [1.82, 2.24) is 9.97 Å². The van der Waals surface area contributed by atoms with Gasteiger partial charge < -0.3 is 10.6 Å². The Kier molecular flexibility index (Phi) is 5.16. The second kappa shape index (κ2) is 8.05. The van der Waals surface area contributed by atoms with E-state index in [0.29, 0.717) is 23.5 Å². The number of hydrogen-bond acceptors (Lipinski definition) is 5. The number of halogens is 1. The van der Waals surface area contributed by atoms with E-state index in [2.05, 4.69) is 20.6 Å². The number of nitrogens with zero attached hydrogens (tertiary/aromatic N) is 3. The molecule has 0 spiro atoms. The van der Waals surface area contributed by atoms with Crippen molar-refractivity contribution in [3.8, 4) is 17.3 Å². The molecule has 1 heterocycles. The highest BCUT2D eigenvalue weighted by Crippen LogP contribution is 2.27. The lowest BCUT2D eigenvalue weighted by Crippen LogP contribution is -2.17. The van der Waals surface area contributed by atoms with E-state index >= 15 is 0 Å². The zero-order valence-electron chi connectivity index (χ0n) is 15.3. The highest BCUT2D eigenvalue weighted by molar-refractivity contribution is 5.70. The van der Waals surface area contributed by atoms with Crippen LogP contribution in [-0.2, 0) is 0 Å². The van der Waals surface area contributed by atoms with Crippen molar-refractivity contribution >= 4 is 17.5 Å². The lowest BCUT2D eigenvalue weighted by Gasteiger charge is -2.15. The van der Waals surface area contributed by atoms with Crippen LogP contribution in [0.2, 0.25) is 0 Å². The van der Waals surface area contributed by atoms with Crippen LogP contribution in [-0.4, -0.2) is 16.0 Å². The number of benzene rings is 2. The van der Waals surface area contributed by atoms with Crippen molar-refractivity contribution in [2.24, 2.45) is 0 Å². The fourth-order valence-corrected chi connectivity index (χ4v) is 3.47. The van der Waals surface area contributed by atoms with E-state index in [-0.39, 0.29) is 5.56 Å². The number of hydrogen-bond donors (Lipinski definition) is 2. The molecule has 6 heteroatoms. The molecule has 5 nitrogen and oxygen atoms in total. The number of rotatable bonds is 5. The maximum atomic E-state index is 13.9. The third kappa shape index (κ3) is 3.94. The molecule has 0 saturated heterocycles. The average molecular weight is 373 g/mol. The molecule has 0 radical (unpaired) electrons. The van der Waals surface area contributed by atoms with E-state index in [9.17, 15) is 9.65 Å². The van der Waals surface area contributed by atoms with Gasteiger partial charge in [0, 0.05) is 17.7 Å². The van der Waals surface area contributed by atoms with E-state index in [1.54, 1.807) is 18.2 Å². The fourth-order valence-electron chi connectivity index (χ4n) is 3.47. The fraction of sp³-hybridized carbons (Fsp3) is 0.227. The smallest absolute Gasteiger partial charge is 0.225 e. The molecule has 1 saturated carbocycles. The summed E-state index contributed by atoms with van der Waals surface area (Å²) in [6.45, 7) is 0. The molecule has 28 heavy (non-hydrogen) atoms. The molecule has 0 aliphatic heterocycles. The lowest BCUT2D eigenvalue weighted by atomic mass is 10.1. The first-order chi connectivity index (χ1) is 13.7. The number of nitrogens with one attached hydrogen (secondary N) is 2. The SMILES string of the molecule is N#Cc1c(F)cccc1Nc1cc(-c2ccccc2)nc(NC2CCCC2)n1. The van der Waals surface area contributed by atoms with Crippen LogP contribution >= 0.6 is 0 Å². The number of anilines is 3. The molecule has 2 aromatic carbocycles. The van der Waals surface area contributed by atoms with Crippen molar-refractivity contribution in [2.45, 2.75) is 31.7 Å². The topological polar surface area (TPSA) is 73.6 Å². The molecule has 3 aromatic rings. The van der Waals surface area contributed by atoms with Gasteiger partial charge in [-0.25, -0.2) is 9.37 Å². The van der Waals surface area contributed by atoms with Crippen LogP contribution < -0.4 is 10.6 Å². The monoisotopic (exact) mass is 373 g/mol. The molecule has 0 unspecified atom stereocenters. The molecule has 140 valence electrons. The minimum absolute atomic E-state index is 0.0346. The first kappa shape index (κ1) is 17.9. The van der Waals surface area contributed by atoms with E-state index in [0.717, 1.165) is 24.1 Å². The molecule has 1 aliphatic carbocycles. The van der Waals surface area contributed by atoms with Gasteiger partial charge in [0.25, 0.3) is 0 Å². The third-order valence-electron chi connectivity index (χ3n) is 4.87. The van der Waals surface area contributed by atoms with Gasteiger partial charge in [0.15, 0.2) is 0 Å². The minimum atomic E-state index is -0.561. The Bertz CT molecular complexity index is 1010. The van der Waals surface area contributed by atoms with Gasteiger partial charge in [0.2, 0.25) is 5.95 Å². The maximum Gasteiger partial charge on any atom is 0.225 e. The van der Waals surface area contributed by atoms with Gasteiger partial charge in [-0.3, -0.25) is 0 Å². The zero-order chi connectivity index (χ0) is 19.3. The normalized spacial score (nSPS) is 13.9. The molecule has 0 atom stereocenters. The second-order valence-electron chi connectivity index (χ2n) is 6.85. The van der Waals surface area contributed by atoms with Crippen LogP contribution in [0, 0.1) is 17.1 Å². The van der Waals surface area contributed by atoms with Gasteiger partial charge in [-0.2, -0.15) is 10.2 Å². The molecule has 1 aromatic heterocycles. The first-order valence-electron chi connectivity index (χ1n) is 9.39. The zero-order valence-corrected chi connectivity index (χ0v) is 15.3. The molecule has 1 aliphatic rings. The Morgan fingerprint density at radius 3 is 2.54 bits per heavy atom. The van der Waals surface area contributed by atoms with Gasteiger partial charge in [0.1, 0.15) is 23.3 Å². The Hall–Kier alpha value is -3.46. The standard InChI is InChI=1S/C22H20FN5/c23-18-11-6-12-19(17(18)14-24)26-21-13-20(15-7-2-1-3-8-15)27-22(28-21)25-16-9-4-5-10-16/h1-3,6-8,11-13,16H,4-5,9-10H2,(H2,25,26,27,28). The summed E-state index contributed by atoms with van der Waals surface area (Å²) in [5.41, 5.74) is 2.07. The van der Waals surface area contributed by atoms with Crippen molar-refractivity contribution in [2.75, 3.05) is 10.6 Å². The van der Waals surface area contributed by atoms with Crippen molar-refractivity contribution in [3.63, 3.8) is 0 Å². The molecule has 4 rings (SSSR count). The van der Waals surface area contributed by atoms with E-state index in [1.807, 2.05) is 36.4 Å². The van der Waals surface area contributed by atoms with Crippen molar-refractivity contribution in [3.05, 3.63) is 66.0 Å². The summed E-state index contributed by atoms with van der Waals surface area (Å²) < 4.78 is 13.9. The van der Waals surface area contributed by atoms with Crippen LogP contribution in [0.25, 0.3) is 11.3 Å². The van der Waals surface area contributed by atoms with Gasteiger partial charge in [-0.15, -0.1) is 0 Å². The Balaban J connectivity index is 1.71. The van der Waals surface area contributed by atoms with Gasteiger partial charge >= 0.3 is 0 Å². The van der Waals surface area contributed by atoms with Gasteiger partial charge in [-0.1, -0.05) is 49.2 Å². The predicted molar refractivity (Wildman–Crippen MR) is 108 cm³/mol. The highest BCUT2D eigenvalue weighted by Gasteiger charge is 2.17. The van der Waals surface area contributed by atoms with Crippen LogP contribution in [0.4, 0.5) is 21.8 Å². The molecular weight excluding hydrogens is 353 g/mol. The minimum Gasteiger partial charge on any atom is -0.351 e. The maximum absolute atomic E-state index is 13.9. The van der Waals surface area contributed by atoms with Crippen molar-refractivity contribution < 1.29 is 4.39 Å². The van der Waals surface area contributed by atoms with Crippen molar-refractivity contribution in [1.29, 1.82) is 5.26 Å². The number of nitriles is 1. The number of aromatic nitrogens is 2. The Morgan fingerprint density at radius 2 is 1.79 bits per heavy atom. The lowest BCUT2D eigenvalue weighted by molar-refractivity contribution is 0.624. The summed E-state index contributed by atoms with van der Waals surface area (Å²) in [5, 5.41) is 15.8. The second-order valence-corrected chi connectivity index (χ2v) is 6.85. The largest absolute Gasteiger partial charge is 0.351 e. The quantitative estimate of drug-likeness (QED) is 0.639. The predicted octanol–water partition coefficient (Wildman–Crippen LogP) is 5.25. The molecule has 1 fully saturated rings. The van der Waals surface area contributed by atoms with Crippen LogP contribution in [0.5, 0.6) is 0 Å². The third-order valence-corrected chi connectivity index (χ3v) is 4.87. The first-order valence-corrected chi connectivity index (χ1v) is 9.39. The summed E-state index contributed by atoms with van der Waals surface area (Å²) in [4.78, 5) is 9.23. The van der Waals surface area contributed by atoms with E-state index in [4.69, 9.17) is 0 Å². The summed E-state index contributed by atoms with van der Waals surface area (Å²) in [5.74, 6) is 0.483. The van der Waals surface area contributed by atoms with E-state index < -0.39 is 5.82 Å². The average Bonchev–Trinajstić information content (AvgIpc) is 3.22. The Morgan fingerprint density at radius 1 is 1.00 bits per heavy atom. The summed E-state index contributed by atoms with van der Waals surface area (Å²) in [6.07, 6.45) is 4.61. The molecule has 0 bridgehead atoms. The summed E-state index contributed by atoms with van der Waals surface area (Å²) >= 11 is 0. The molecule has 2 N–H and O–H groups in total. The van der Waals surface area contributed by atoms with Crippen LogP contribution in [0.1, 0.15) is 31.2 Å². The summed E-state index contributed by atoms with van der Waals surface area (Å²) in [7, 11) is 0. The van der Waals surface area contributed by atoms with Gasteiger partial charge in [0.05, 0.1) is 11.4 Å². The van der Waals surface area contributed by atoms with Crippen LogP contribution in [0.3, 0.4) is 0 Å². The van der Waals surface area contributed by atoms with Crippen LogP contribution in [0.15, 0.2) is 54.6 Å². The Labute approximate surface area is 163 Å². The van der Waals surface area contributed by atoms with Gasteiger partial charge in [-0.05, 0) is 25.0 Å². The highest BCUT2D eigenvalue weighted by atomic mass is 19.1. The van der Waals surface area contributed by atoms with E-state index in [1.165, 1.54) is 18.9 Å². The molecular formula is C22H20FN5.